The fourth-order valence-corrected chi connectivity index (χ4v) is 8.63. The Hall–Kier alpha value is -6.01. The van der Waals surface area contributed by atoms with Gasteiger partial charge in [0.2, 0.25) is 26.0 Å². The van der Waals surface area contributed by atoms with Gasteiger partial charge in [-0.3, -0.25) is 0 Å². The third-order valence-corrected chi connectivity index (χ3v) is 11.6. The van der Waals surface area contributed by atoms with E-state index in [1.54, 1.807) is 0 Å². The fourth-order valence-electron chi connectivity index (χ4n) is 8.63. The van der Waals surface area contributed by atoms with Gasteiger partial charge in [-0.2, -0.15) is 0 Å². The van der Waals surface area contributed by atoms with Gasteiger partial charge in [0, 0.05) is 17.1 Å². The minimum absolute atomic E-state index is 0.0858. The molecular weight excluding hydrogens is 676 g/mol. The molecule has 55 heavy (non-hydrogen) atoms. The molecule has 4 aliphatic heterocycles. The van der Waals surface area contributed by atoms with Crippen LogP contribution in [-0.2, 0) is 9.47 Å². The molecule has 7 aromatic rings. The topological polar surface area (TPSA) is 46.8 Å². The van der Waals surface area contributed by atoms with Crippen molar-refractivity contribution >= 4 is 63.3 Å². The summed E-state index contributed by atoms with van der Waals surface area (Å²) in [6.07, 6.45) is 0.0622. The Balaban J connectivity index is 0.956. The summed E-state index contributed by atoms with van der Waals surface area (Å²) in [7, 11) is 0. The Morgan fingerprint density at radius 2 is 0.764 bits per heavy atom. The maximum absolute atomic E-state index is 5.89. The second kappa shape index (κ2) is 12.8. The molecule has 0 radical (unpaired) electrons. The molecule has 7 heteroatoms. The van der Waals surface area contributed by atoms with Crippen molar-refractivity contribution in [1.82, 2.24) is 0 Å². The summed E-state index contributed by atoms with van der Waals surface area (Å²) in [5.41, 5.74) is 16.3. The van der Waals surface area contributed by atoms with Crippen molar-refractivity contribution in [2.24, 2.45) is 0 Å². The van der Waals surface area contributed by atoms with E-state index < -0.39 is 0 Å². The van der Waals surface area contributed by atoms with E-state index >= 15 is 0 Å². The molecular formula is C48H37B2NO4. The van der Waals surface area contributed by atoms with Gasteiger partial charge < -0.3 is 23.8 Å². The van der Waals surface area contributed by atoms with Crippen LogP contribution in [0.2, 0.25) is 0 Å². The van der Waals surface area contributed by atoms with Crippen molar-refractivity contribution in [3.8, 4) is 33.8 Å². The molecule has 264 valence electrons. The molecule has 0 N–H and O–H groups in total. The lowest BCUT2D eigenvalue weighted by Gasteiger charge is -2.43. The quantitative estimate of drug-likeness (QED) is 0.135. The molecule has 0 amide bonds. The molecule has 7 aromatic carbocycles. The summed E-state index contributed by atoms with van der Waals surface area (Å²) in [6.45, 7) is 4.22. The SMILES string of the molecule is CC1OC1Oc1ccc(-c2ccc(B3c4ccccc4N4c5ccccc5B(c5ccc(-c6ccc(OC7OC7C)cc6)cc5)c5cccc3c54)cc2)cc1. The summed E-state index contributed by atoms with van der Waals surface area (Å²) in [5, 5.41) is 0. The molecule has 0 spiro atoms. The minimum atomic E-state index is -0.130. The zero-order valence-corrected chi connectivity index (χ0v) is 30.6. The summed E-state index contributed by atoms with van der Waals surface area (Å²) in [6, 6.07) is 59.6. The number of rotatable bonds is 8. The molecule has 0 aromatic heterocycles. The van der Waals surface area contributed by atoms with Gasteiger partial charge in [0.1, 0.15) is 23.7 Å². The first kappa shape index (κ1) is 32.4. The predicted molar refractivity (Wildman–Crippen MR) is 224 cm³/mol. The van der Waals surface area contributed by atoms with Crippen LogP contribution in [0.3, 0.4) is 0 Å². The minimum Gasteiger partial charge on any atom is -0.462 e. The van der Waals surface area contributed by atoms with E-state index in [0.717, 1.165) is 22.6 Å². The number of fused-ring (bicyclic) bond motifs is 4. The number of hydrogen-bond donors (Lipinski definition) is 0. The molecule has 11 rings (SSSR count). The van der Waals surface area contributed by atoms with E-state index in [-0.39, 0.29) is 38.2 Å². The van der Waals surface area contributed by atoms with Crippen molar-refractivity contribution in [3.63, 3.8) is 0 Å². The Labute approximate surface area is 322 Å². The van der Waals surface area contributed by atoms with Crippen molar-refractivity contribution in [1.29, 1.82) is 0 Å². The van der Waals surface area contributed by atoms with E-state index in [0.29, 0.717) is 0 Å². The molecule has 0 bridgehead atoms. The standard InChI is InChI=1S/C48H37B2NO4/c1-30-47(52-30)54-38-26-18-34(19-27-38)32-14-22-36(23-15-32)49-40-8-3-5-12-44(40)51-45-13-6-4-9-41(45)50(43-11-7-10-42(49)46(43)51)37-24-16-33(17-25-37)35-20-28-39(29-21-35)55-48-31(2)53-48/h3-31,47-48H,1-2H3. The summed E-state index contributed by atoms with van der Waals surface area (Å²) in [5.74, 6) is 1.66. The smallest absolute Gasteiger partial charge is 0.246 e. The van der Waals surface area contributed by atoms with Crippen LogP contribution in [-0.4, -0.2) is 38.2 Å². The Morgan fingerprint density at radius 1 is 0.418 bits per heavy atom. The number of epoxide rings is 2. The summed E-state index contributed by atoms with van der Waals surface area (Å²) >= 11 is 0. The normalized spacial score (nSPS) is 19.9. The maximum Gasteiger partial charge on any atom is 0.246 e. The van der Waals surface area contributed by atoms with Crippen LogP contribution in [0.5, 0.6) is 11.5 Å². The molecule has 2 fully saturated rings. The van der Waals surface area contributed by atoms with Crippen LogP contribution in [0.4, 0.5) is 17.1 Å². The molecule has 2 saturated heterocycles. The van der Waals surface area contributed by atoms with Crippen molar-refractivity contribution in [2.75, 3.05) is 4.90 Å². The van der Waals surface area contributed by atoms with Crippen molar-refractivity contribution in [2.45, 2.75) is 38.6 Å². The molecule has 4 atom stereocenters. The zero-order valence-electron chi connectivity index (χ0n) is 30.6. The van der Waals surface area contributed by atoms with Gasteiger partial charge in [-0.05, 0) is 94.4 Å². The zero-order chi connectivity index (χ0) is 36.6. The lowest BCUT2D eigenvalue weighted by Crippen LogP contribution is -2.64. The van der Waals surface area contributed by atoms with Crippen LogP contribution < -0.4 is 47.2 Å². The number of para-hydroxylation sites is 3. The highest BCUT2D eigenvalue weighted by atomic mass is 16.8. The molecule has 4 unspecified atom stereocenters. The largest absolute Gasteiger partial charge is 0.462 e. The lowest BCUT2D eigenvalue weighted by atomic mass is 9.30. The number of anilines is 3. The Bertz CT molecular complexity index is 2380. The molecule has 4 aliphatic rings. The van der Waals surface area contributed by atoms with Crippen LogP contribution >= 0.6 is 0 Å². The van der Waals surface area contributed by atoms with Gasteiger partial charge in [0.15, 0.2) is 0 Å². The Kier molecular flexibility index (Phi) is 7.55. The Morgan fingerprint density at radius 3 is 1.15 bits per heavy atom. The second-order valence-corrected chi connectivity index (χ2v) is 15.1. The second-order valence-electron chi connectivity index (χ2n) is 15.1. The van der Waals surface area contributed by atoms with Gasteiger partial charge in [-0.25, -0.2) is 0 Å². The number of hydrogen-bond acceptors (Lipinski definition) is 5. The van der Waals surface area contributed by atoms with Crippen LogP contribution in [0.15, 0.2) is 164 Å². The monoisotopic (exact) mass is 713 g/mol. The average Bonchev–Trinajstić information content (AvgIpc) is 4.14. The van der Waals surface area contributed by atoms with Gasteiger partial charge in [-0.15, -0.1) is 0 Å². The first-order valence-electron chi connectivity index (χ1n) is 19.2. The van der Waals surface area contributed by atoms with E-state index in [4.69, 9.17) is 18.9 Å². The van der Waals surface area contributed by atoms with Gasteiger partial charge >= 0.3 is 0 Å². The molecule has 4 heterocycles. The van der Waals surface area contributed by atoms with Crippen molar-refractivity contribution < 1.29 is 18.9 Å². The third-order valence-electron chi connectivity index (χ3n) is 11.6. The highest BCUT2D eigenvalue weighted by molar-refractivity contribution is 7.02. The highest BCUT2D eigenvalue weighted by Crippen LogP contribution is 2.37. The van der Waals surface area contributed by atoms with Gasteiger partial charge in [0.25, 0.3) is 0 Å². The maximum atomic E-state index is 5.89. The van der Waals surface area contributed by atoms with E-state index in [9.17, 15) is 0 Å². The summed E-state index contributed by atoms with van der Waals surface area (Å²) in [4.78, 5) is 2.51. The first-order valence-corrected chi connectivity index (χ1v) is 19.2. The van der Waals surface area contributed by atoms with Crippen molar-refractivity contribution in [3.05, 3.63) is 164 Å². The van der Waals surface area contributed by atoms with Gasteiger partial charge in [0.05, 0.1) is 0 Å². The van der Waals surface area contributed by atoms with Gasteiger partial charge in [-0.1, -0.05) is 138 Å². The number of ether oxygens (including phenoxy) is 4. The average molecular weight is 713 g/mol. The van der Waals surface area contributed by atoms with E-state index in [2.05, 4.69) is 144 Å². The molecule has 0 saturated carbocycles. The van der Waals surface area contributed by atoms with E-state index in [1.807, 2.05) is 38.1 Å². The predicted octanol–water partition coefficient (Wildman–Crippen LogP) is 6.40. The fraction of sp³-hybridized carbons (Fsp3) is 0.125. The third kappa shape index (κ3) is 5.65. The van der Waals surface area contributed by atoms with E-state index in [1.165, 1.54) is 61.0 Å². The van der Waals surface area contributed by atoms with Crippen LogP contribution in [0.1, 0.15) is 13.8 Å². The molecule has 5 nitrogen and oxygen atoms in total. The highest BCUT2D eigenvalue weighted by Gasteiger charge is 2.43. The van der Waals surface area contributed by atoms with Crippen LogP contribution in [0, 0.1) is 0 Å². The lowest BCUT2D eigenvalue weighted by molar-refractivity contribution is 0.178. The summed E-state index contributed by atoms with van der Waals surface area (Å²) < 4.78 is 22.6. The van der Waals surface area contributed by atoms with Crippen LogP contribution in [0.25, 0.3) is 22.3 Å². The molecule has 0 aliphatic carbocycles. The first-order chi connectivity index (χ1) is 27.1. The number of nitrogens with zero attached hydrogens (tertiary/aromatic N) is 1. The number of benzene rings is 7.